The molecule has 2 rings (SSSR count). The lowest BCUT2D eigenvalue weighted by atomic mass is 10.1. The van der Waals surface area contributed by atoms with E-state index in [4.69, 9.17) is 5.11 Å². The number of carbonyl (C=O) groups is 2. The quantitative estimate of drug-likeness (QED) is 0.877. The molecule has 5 nitrogen and oxygen atoms in total. The van der Waals surface area contributed by atoms with Crippen molar-refractivity contribution >= 4 is 29.4 Å². The van der Waals surface area contributed by atoms with Gasteiger partial charge in [0.25, 0.3) is 0 Å². The number of nitrogens with one attached hydrogen (secondary N) is 1. The monoisotopic (exact) mass is 308 g/mol. The van der Waals surface area contributed by atoms with E-state index < -0.39 is 5.97 Å². The molecule has 0 spiro atoms. The van der Waals surface area contributed by atoms with Crippen LogP contribution in [0.15, 0.2) is 30.3 Å². The molecule has 1 saturated heterocycles. The van der Waals surface area contributed by atoms with E-state index >= 15 is 0 Å². The molecule has 0 aliphatic carbocycles. The van der Waals surface area contributed by atoms with Crippen molar-refractivity contribution in [2.24, 2.45) is 0 Å². The Labute approximate surface area is 128 Å². The van der Waals surface area contributed by atoms with E-state index in [0.717, 1.165) is 18.6 Å². The molecule has 1 aliphatic rings. The highest BCUT2D eigenvalue weighted by Crippen LogP contribution is 2.37. The number of carbonyl (C=O) groups excluding carboxylic acids is 1. The van der Waals surface area contributed by atoms with E-state index in [2.05, 4.69) is 12.2 Å². The normalized spacial score (nSPS) is 21.0. The average molecular weight is 308 g/mol. The predicted molar refractivity (Wildman–Crippen MR) is 84.9 cm³/mol. The maximum absolute atomic E-state index is 12.3. The van der Waals surface area contributed by atoms with Crippen molar-refractivity contribution in [2.75, 3.05) is 23.7 Å². The Kier molecular flexibility index (Phi) is 5.12. The van der Waals surface area contributed by atoms with E-state index in [1.54, 1.807) is 24.3 Å². The second-order valence-corrected chi connectivity index (χ2v) is 7.06. The van der Waals surface area contributed by atoms with Crippen LogP contribution in [0.5, 0.6) is 0 Å². The minimum atomic E-state index is -1.03. The smallest absolute Gasteiger partial charge is 0.323 e. The number of hydrogen-bond donors (Lipinski definition) is 2. The van der Waals surface area contributed by atoms with Gasteiger partial charge >= 0.3 is 12.0 Å². The SMILES string of the molecule is CC1(CNC(=O)N(CC(=O)O)c2ccccc2)CCCS1. The van der Waals surface area contributed by atoms with Crippen molar-refractivity contribution in [2.45, 2.75) is 24.5 Å². The van der Waals surface area contributed by atoms with Crippen molar-refractivity contribution in [3.05, 3.63) is 30.3 Å². The van der Waals surface area contributed by atoms with Crippen molar-refractivity contribution < 1.29 is 14.7 Å². The largest absolute Gasteiger partial charge is 0.480 e. The molecular formula is C15H20N2O3S. The summed E-state index contributed by atoms with van der Waals surface area (Å²) in [7, 11) is 0. The van der Waals surface area contributed by atoms with Gasteiger partial charge in [-0.25, -0.2) is 4.79 Å². The van der Waals surface area contributed by atoms with E-state index in [1.165, 1.54) is 4.90 Å². The molecule has 0 aromatic heterocycles. The Morgan fingerprint density at radius 3 is 2.67 bits per heavy atom. The highest BCUT2D eigenvalue weighted by molar-refractivity contribution is 8.00. The fraction of sp³-hybridized carbons (Fsp3) is 0.467. The number of aliphatic carboxylic acids is 1. The van der Waals surface area contributed by atoms with Gasteiger partial charge in [-0.2, -0.15) is 11.8 Å². The Hall–Kier alpha value is -1.69. The molecule has 2 amide bonds. The van der Waals surface area contributed by atoms with Gasteiger partial charge < -0.3 is 10.4 Å². The molecule has 1 fully saturated rings. The number of nitrogens with zero attached hydrogens (tertiary/aromatic N) is 1. The molecule has 0 bridgehead atoms. The predicted octanol–water partition coefficient (Wildman–Crippen LogP) is 2.57. The summed E-state index contributed by atoms with van der Waals surface area (Å²) >= 11 is 1.86. The molecule has 0 radical (unpaired) electrons. The molecule has 2 N–H and O–H groups in total. The molecule has 1 aliphatic heterocycles. The van der Waals surface area contributed by atoms with Crippen LogP contribution in [0.1, 0.15) is 19.8 Å². The van der Waals surface area contributed by atoms with E-state index in [1.807, 2.05) is 17.8 Å². The third-order valence-corrected chi connectivity index (χ3v) is 5.06. The number of benzene rings is 1. The summed E-state index contributed by atoms with van der Waals surface area (Å²) in [6.45, 7) is 2.34. The maximum atomic E-state index is 12.3. The van der Waals surface area contributed by atoms with Crippen LogP contribution in [0.3, 0.4) is 0 Å². The van der Waals surface area contributed by atoms with Gasteiger partial charge in [0, 0.05) is 17.0 Å². The lowest BCUT2D eigenvalue weighted by Crippen LogP contribution is -2.46. The molecule has 1 aromatic carbocycles. The number of para-hydroxylation sites is 1. The number of carboxylic acids is 1. The first-order valence-electron chi connectivity index (χ1n) is 6.96. The van der Waals surface area contributed by atoms with Crippen molar-refractivity contribution in [1.82, 2.24) is 5.32 Å². The molecule has 1 aromatic rings. The van der Waals surface area contributed by atoms with Crippen LogP contribution >= 0.6 is 11.8 Å². The fourth-order valence-electron chi connectivity index (χ4n) is 2.36. The van der Waals surface area contributed by atoms with Crippen LogP contribution in [0.25, 0.3) is 0 Å². The van der Waals surface area contributed by atoms with Gasteiger partial charge in [-0.15, -0.1) is 0 Å². The second-order valence-electron chi connectivity index (χ2n) is 5.38. The zero-order valence-corrected chi connectivity index (χ0v) is 12.9. The van der Waals surface area contributed by atoms with Crippen molar-refractivity contribution in [3.8, 4) is 0 Å². The van der Waals surface area contributed by atoms with Gasteiger partial charge in [0.15, 0.2) is 0 Å². The lowest BCUT2D eigenvalue weighted by molar-refractivity contribution is -0.135. The molecular weight excluding hydrogens is 288 g/mol. The molecule has 1 heterocycles. The lowest BCUT2D eigenvalue weighted by Gasteiger charge is -2.26. The number of thioether (sulfide) groups is 1. The Balaban J connectivity index is 2.02. The summed E-state index contributed by atoms with van der Waals surface area (Å²) in [6, 6.07) is 8.49. The topological polar surface area (TPSA) is 69.6 Å². The first-order valence-corrected chi connectivity index (χ1v) is 7.95. The standard InChI is InChI=1S/C15H20N2O3S/c1-15(8-5-9-21-15)11-16-14(20)17(10-13(18)19)12-6-3-2-4-7-12/h2-4,6-7H,5,8-11H2,1H3,(H,16,20)(H,18,19). The summed E-state index contributed by atoms with van der Waals surface area (Å²) in [6.07, 6.45) is 2.23. The fourth-order valence-corrected chi connectivity index (χ4v) is 3.60. The van der Waals surface area contributed by atoms with Crippen LogP contribution in [0.2, 0.25) is 0 Å². The highest BCUT2D eigenvalue weighted by Gasteiger charge is 2.30. The molecule has 114 valence electrons. The van der Waals surface area contributed by atoms with Gasteiger partial charge in [0.2, 0.25) is 0 Å². The zero-order valence-electron chi connectivity index (χ0n) is 12.0. The Bertz CT molecular complexity index is 501. The minimum Gasteiger partial charge on any atom is -0.480 e. The van der Waals surface area contributed by atoms with Crippen LogP contribution in [0.4, 0.5) is 10.5 Å². The first-order chi connectivity index (χ1) is 10.0. The summed E-state index contributed by atoms with van der Waals surface area (Å²) in [5.41, 5.74) is 0.585. The molecule has 21 heavy (non-hydrogen) atoms. The molecule has 0 saturated carbocycles. The summed E-state index contributed by atoms with van der Waals surface area (Å²) in [4.78, 5) is 24.6. The Morgan fingerprint density at radius 1 is 1.38 bits per heavy atom. The summed E-state index contributed by atoms with van der Waals surface area (Å²) < 4.78 is 0.0568. The van der Waals surface area contributed by atoms with E-state index in [-0.39, 0.29) is 17.3 Å². The second kappa shape index (κ2) is 6.85. The van der Waals surface area contributed by atoms with Gasteiger partial charge in [0.05, 0.1) is 0 Å². The first kappa shape index (κ1) is 15.7. The number of carboxylic acid groups (broad SMARTS) is 1. The van der Waals surface area contributed by atoms with Crippen molar-refractivity contribution in [1.29, 1.82) is 0 Å². The average Bonchev–Trinajstić information content (AvgIpc) is 2.90. The zero-order chi connectivity index (χ0) is 15.3. The number of rotatable bonds is 5. The van der Waals surface area contributed by atoms with Crippen LogP contribution in [-0.4, -0.2) is 40.7 Å². The number of anilines is 1. The molecule has 1 atom stereocenters. The highest BCUT2D eigenvalue weighted by atomic mass is 32.2. The van der Waals surface area contributed by atoms with Crippen LogP contribution < -0.4 is 10.2 Å². The molecule has 6 heteroatoms. The summed E-state index contributed by atoms with van der Waals surface area (Å²) in [5, 5.41) is 11.9. The maximum Gasteiger partial charge on any atom is 0.323 e. The number of amides is 2. The third kappa shape index (κ3) is 4.39. The third-order valence-electron chi connectivity index (χ3n) is 3.52. The number of hydrogen-bond acceptors (Lipinski definition) is 3. The van der Waals surface area contributed by atoms with E-state index in [9.17, 15) is 9.59 Å². The molecule has 1 unspecified atom stereocenters. The summed E-state index contributed by atoms with van der Waals surface area (Å²) in [5.74, 6) is 0.0830. The van der Waals surface area contributed by atoms with Gasteiger partial charge in [-0.05, 0) is 37.7 Å². The Morgan fingerprint density at radius 2 is 2.10 bits per heavy atom. The van der Waals surface area contributed by atoms with Gasteiger partial charge in [0.1, 0.15) is 6.54 Å². The van der Waals surface area contributed by atoms with Crippen LogP contribution in [0, 0.1) is 0 Å². The van der Waals surface area contributed by atoms with Crippen LogP contribution in [-0.2, 0) is 4.79 Å². The number of urea groups is 1. The van der Waals surface area contributed by atoms with E-state index in [0.29, 0.717) is 12.2 Å². The van der Waals surface area contributed by atoms with Crippen molar-refractivity contribution in [3.63, 3.8) is 0 Å². The van der Waals surface area contributed by atoms with Gasteiger partial charge in [-0.3, -0.25) is 9.69 Å². The van der Waals surface area contributed by atoms with Gasteiger partial charge in [-0.1, -0.05) is 18.2 Å². The minimum absolute atomic E-state index is 0.0568.